The zero-order valence-corrected chi connectivity index (χ0v) is 15.4. The monoisotopic (exact) mass is 373 g/mol. The molecule has 0 spiro atoms. The molecule has 0 saturated carbocycles. The summed E-state index contributed by atoms with van der Waals surface area (Å²) >= 11 is 13.0. The van der Waals surface area contributed by atoms with Crippen LogP contribution in [0.1, 0.15) is 0 Å². The van der Waals surface area contributed by atoms with E-state index in [0.29, 0.717) is 5.02 Å². The van der Waals surface area contributed by atoms with Gasteiger partial charge in [0.15, 0.2) is 0 Å². The third-order valence-corrected chi connectivity index (χ3v) is 4.99. The highest BCUT2D eigenvalue weighted by Gasteiger charge is 2.13. The van der Waals surface area contributed by atoms with Gasteiger partial charge in [-0.1, -0.05) is 96.0 Å². The fraction of sp³-hybridized carbons (Fsp3) is 0. The Morgan fingerprint density at radius 3 is 1.92 bits per heavy atom. The molecule has 0 nitrogen and oxygen atoms in total. The van der Waals surface area contributed by atoms with Crippen LogP contribution in [0.5, 0.6) is 0 Å². The first-order valence-corrected chi connectivity index (χ1v) is 9.10. The van der Waals surface area contributed by atoms with Gasteiger partial charge in [0.05, 0.1) is 0 Å². The quantitative estimate of drug-likeness (QED) is 0.343. The summed E-state index contributed by atoms with van der Waals surface area (Å²) in [5, 5.41) is 1.43. The van der Waals surface area contributed by atoms with E-state index in [1.807, 2.05) is 60.7 Å². The lowest BCUT2D eigenvalue weighted by atomic mass is 9.92. The molecule has 0 aliphatic rings. The highest BCUT2D eigenvalue weighted by Crippen LogP contribution is 2.39. The third kappa shape index (κ3) is 3.26. The lowest BCUT2D eigenvalue weighted by molar-refractivity contribution is 1.56. The van der Waals surface area contributed by atoms with Gasteiger partial charge < -0.3 is 0 Å². The van der Waals surface area contributed by atoms with Gasteiger partial charge in [-0.2, -0.15) is 0 Å². The average Bonchev–Trinajstić information content (AvgIpc) is 2.69. The Balaban J connectivity index is 1.91. The fourth-order valence-electron chi connectivity index (χ4n) is 3.11. The molecule has 0 aromatic heterocycles. The summed E-state index contributed by atoms with van der Waals surface area (Å²) < 4.78 is 0. The van der Waals surface area contributed by atoms with Crippen LogP contribution in [-0.2, 0) is 0 Å². The van der Waals surface area contributed by atoms with Gasteiger partial charge in [0.1, 0.15) is 0 Å². The Bertz CT molecular complexity index is 1040. The summed E-state index contributed by atoms with van der Waals surface area (Å²) in [4.78, 5) is 0. The van der Waals surface area contributed by atoms with E-state index in [2.05, 4.69) is 36.4 Å². The summed E-state index contributed by atoms with van der Waals surface area (Å²) in [6.45, 7) is 0. The van der Waals surface area contributed by atoms with Crippen molar-refractivity contribution in [3.8, 4) is 33.4 Å². The minimum Gasteiger partial charge on any atom is -0.0837 e. The summed E-state index contributed by atoms with van der Waals surface area (Å²) in [7, 11) is 0. The first kappa shape index (κ1) is 16.9. The molecule has 1 radical (unpaired) electrons. The smallest absolute Gasteiger partial charge is 0.0491 e. The summed E-state index contributed by atoms with van der Waals surface area (Å²) in [5.74, 6) is 0. The van der Waals surface area contributed by atoms with Gasteiger partial charge in [-0.25, -0.2) is 0 Å². The lowest BCUT2D eigenvalue weighted by Crippen LogP contribution is -1.88. The highest BCUT2D eigenvalue weighted by atomic mass is 35.5. The summed E-state index contributed by atoms with van der Waals surface area (Å²) in [6, 6.07) is 33.5. The zero-order valence-electron chi connectivity index (χ0n) is 13.9. The lowest BCUT2D eigenvalue weighted by Gasteiger charge is -2.14. The van der Waals surface area contributed by atoms with Crippen molar-refractivity contribution in [3.63, 3.8) is 0 Å². The van der Waals surface area contributed by atoms with E-state index in [1.165, 1.54) is 0 Å². The second kappa shape index (κ2) is 7.37. The molecule has 0 aliphatic heterocycles. The van der Waals surface area contributed by atoms with Crippen molar-refractivity contribution in [3.05, 3.63) is 107 Å². The van der Waals surface area contributed by atoms with E-state index < -0.39 is 0 Å². The molecule has 4 aromatic rings. The predicted molar refractivity (Wildman–Crippen MR) is 112 cm³/mol. The van der Waals surface area contributed by atoms with Crippen molar-refractivity contribution in [2.75, 3.05) is 0 Å². The van der Waals surface area contributed by atoms with Gasteiger partial charge in [0, 0.05) is 21.2 Å². The molecule has 0 fully saturated rings. The molecule has 0 N–H and O–H groups in total. The van der Waals surface area contributed by atoms with E-state index in [0.717, 1.165) is 38.4 Å². The number of hydrogen-bond donors (Lipinski definition) is 0. The van der Waals surface area contributed by atoms with Gasteiger partial charge in [-0.05, 0) is 46.5 Å². The van der Waals surface area contributed by atoms with Gasteiger partial charge in [0.25, 0.3) is 0 Å². The minimum atomic E-state index is 0.709. The zero-order chi connectivity index (χ0) is 17.9. The predicted octanol–water partition coefficient (Wildman–Crippen LogP) is 7.79. The van der Waals surface area contributed by atoms with Crippen molar-refractivity contribution in [1.82, 2.24) is 0 Å². The maximum Gasteiger partial charge on any atom is 0.0491 e. The number of rotatable bonds is 3. The Hall–Kier alpha value is -2.54. The van der Waals surface area contributed by atoms with E-state index in [1.54, 1.807) is 0 Å². The number of benzene rings is 4. The second-order valence-corrected chi connectivity index (χ2v) is 6.82. The molecule has 0 amide bonds. The van der Waals surface area contributed by atoms with Crippen molar-refractivity contribution < 1.29 is 0 Å². The van der Waals surface area contributed by atoms with Crippen LogP contribution >= 0.6 is 23.2 Å². The Morgan fingerprint density at radius 1 is 0.577 bits per heavy atom. The molecule has 0 unspecified atom stereocenters. The normalized spacial score (nSPS) is 10.7. The van der Waals surface area contributed by atoms with Crippen molar-refractivity contribution in [2.45, 2.75) is 0 Å². The third-order valence-electron chi connectivity index (χ3n) is 4.35. The molecule has 0 saturated heterocycles. The van der Waals surface area contributed by atoms with Crippen LogP contribution in [0.4, 0.5) is 0 Å². The highest BCUT2D eigenvalue weighted by molar-refractivity contribution is 6.34. The van der Waals surface area contributed by atoms with E-state index in [9.17, 15) is 0 Å². The van der Waals surface area contributed by atoms with Crippen LogP contribution in [-0.4, -0.2) is 0 Å². The number of hydrogen-bond acceptors (Lipinski definition) is 0. The maximum absolute atomic E-state index is 6.56. The largest absolute Gasteiger partial charge is 0.0837 e. The molecule has 4 aromatic carbocycles. The SMILES string of the molecule is Clc1ccc(-c2[c]ccc(Cl)c2-c2ccccc2)cc1-c1ccccc1. The standard InChI is InChI=1S/C24H15Cl2/c25-22-15-14-19(16-21(22)17-8-3-1-4-9-17)20-12-7-13-23(26)24(20)18-10-5-2-6-11-18/h1-11,13-16H. The molecule has 0 bridgehead atoms. The second-order valence-electron chi connectivity index (χ2n) is 6.00. The molecule has 0 aliphatic carbocycles. The van der Waals surface area contributed by atoms with E-state index in [4.69, 9.17) is 23.2 Å². The summed E-state index contributed by atoms with van der Waals surface area (Å²) in [5.41, 5.74) is 6.14. The van der Waals surface area contributed by atoms with Crippen LogP contribution in [0, 0.1) is 6.07 Å². The summed E-state index contributed by atoms with van der Waals surface area (Å²) in [6.07, 6.45) is 0. The molecule has 0 atom stereocenters. The van der Waals surface area contributed by atoms with Gasteiger partial charge in [-0.15, -0.1) is 0 Å². The van der Waals surface area contributed by atoms with Gasteiger partial charge in [-0.3, -0.25) is 0 Å². The van der Waals surface area contributed by atoms with E-state index in [-0.39, 0.29) is 0 Å². The Morgan fingerprint density at radius 2 is 1.23 bits per heavy atom. The molecular weight excluding hydrogens is 359 g/mol. The molecule has 2 heteroatoms. The van der Waals surface area contributed by atoms with Crippen LogP contribution < -0.4 is 0 Å². The van der Waals surface area contributed by atoms with E-state index >= 15 is 0 Å². The van der Waals surface area contributed by atoms with Gasteiger partial charge >= 0.3 is 0 Å². The first-order chi connectivity index (χ1) is 12.7. The first-order valence-electron chi connectivity index (χ1n) is 8.35. The maximum atomic E-state index is 6.56. The van der Waals surface area contributed by atoms with Crippen molar-refractivity contribution >= 4 is 23.2 Å². The van der Waals surface area contributed by atoms with Crippen LogP contribution in [0.25, 0.3) is 33.4 Å². The molecule has 26 heavy (non-hydrogen) atoms. The topological polar surface area (TPSA) is 0 Å². The van der Waals surface area contributed by atoms with Crippen LogP contribution in [0.15, 0.2) is 91.0 Å². The van der Waals surface area contributed by atoms with Crippen LogP contribution in [0.3, 0.4) is 0 Å². The minimum absolute atomic E-state index is 0.709. The Labute approximate surface area is 163 Å². The molecular formula is C24H15Cl2. The molecule has 4 rings (SSSR count). The molecule has 0 heterocycles. The van der Waals surface area contributed by atoms with Gasteiger partial charge in [0.2, 0.25) is 0 Å². The number of halogens is 2. The van der Waals surface area contributed by atoms with Crippen molar-refractivity contribution in [1.29, 1.82) is 0 Å². The Kier molecular flexibility index (Phi) is 4.79. The molecule has 125 valence electrons. The average molecular weight is 374 g/mol. The fourth-order valence-corrected chi connectivity index (χ4v) is 3.60. The van der Waals surface area contributed by atoms with Crippen LogP contribution in [0.2, 0.25) is 10.0 Å². The van der Waals surface area contributed by atoms with Crippen molar-refractivity contribution in [2.24, 2.45) is 0 Å².